The van der Waals surface area contributed by atoms with Crippen LogP contribution in [0.3, 0.4) is 0 Å². The molecule has 1 aromatic heterocycles. The van der Waals surface area contributed by atoms with Crippen molar-refractivity contribution in [1.82, 2.24) is 9.78 Å². The summed E-state index contributed by atoms with van der Waals surface area (Å²) in [6, 6.07) is 2.22. The SMILES string of the molecule is C[C@@]1(O)CC[C@H]2[C@H](CC[C@@H]3[C@@H]2CC[C@]2(C)C(C4(Cn5cc(C#N)cn5)COC4)CC[C@@H]32)C1. The van der Waals surface area contributed by atoms with Crippen molar-refractivity contribution in [3.8, 4) is 6.07 Å². The first-order valence-corrected chi connectivity index (χ1v) is 13.1. The fourth-order valence-corrected chi connectivity index (χ4v) is 9.68. The molecule has 0 amide bonds. The van der Waals surface area contributed by atoms with Crippen molar-refractivity contribution < 1.29 is 9.84 Å². The maximum atomic E-state index is 10.7. The first-order chi connectivity index (χ1) is 15.3. The molecule has 5 fully saturated rings. The third kappa shape index (κ3) is 3.12. The van der Waals surface area contributed by atoms with E-state index < -0.39 is 5.60 Å². The van der Waals surface area contributed by atoms with Gasteiger partial charge in [-0.15, -0.1) is 0 Å². The summed E-state index contributed by atoms with van der Waals surface area (Å²) in [5.41, 5.74) is 0.808. The Balaban J connectivity index is 1.23. The van der Waals surface area contributed by atoms with Crippen LogP contribution in [0.4, 0.5) is 0 Å². The number of nitrogens with zero attached hydrogens (tertiary/aromatic N) is 3. The first kappa shape index (κ1) is 21.2. The number of hydrogen-bond donors (Lipinski definition) is 1. The summed E-state index contributed by atoms with van der Waals surface area (Å²) in [5.74, 6) is 4.92. The molecule has 2 heterocycles. The Morgan fingerprint density at radius 3 is 2.62 bits per heavy atom. The Bertz CT molecular complexity index is 912. The van der Waals surface area contributed by atoms with E-state index in [-0.39, 0.29) is 5.41 Å². The van der Waals surface area contributed by atoms with Gasteiger partial charge in [-0.25, -0.2) is 0 Å². The van der Waals surface area contributed by atoms with E-state index in [1.807, 2.05) is 10.9 Å². The maximum absolute atomic E-state index is 10.7. The molecule has 4 saturated carbocycles. The maximum Gasteiger partial charge on any atom is 0.102 e. The number of aliphatic hydroxyl groups is 1. The molecule has 0 spiro atoms. The molecule has 32 heavy (non-hydrogen) atoms. The van der Waals surface area contributed by atoms with Gasteiger partial charge in [-0.2, -0.15) is 10.4 Å². The highest BCUT2D eigenvalue weighted by Gasteiger charge is 2.63. The van der Waals surface area contributed by atoms with E-state index in [0.717, 1.165) is 62.2 Å². The molecule has 1 saturated heterocycles. The summed E-state index contributed by atoms with van der Waals surface area (Å²) in [6.45, 7) is 7.25. The quantitative estimate of drug-likeness (QED) is 0.738. The van der Waals surface area contributed by atoms with Gasteiger partial charge in [0.15, 0.2) is 0 Å². The molecular weight excluding hydrogens is 398 g/mol. The Morgan fingerprint density at radius 1 is 1.09 bits per heavy atom. The summed E-state index contributed by atoms with van der Waals surface area (Å²) in [5, 5.41) is 24.4. The molecule has 1 aliphatic heterocycles. The van der Waals surface area contributed by atoms with Crippen LogP contribution in [0.5, 0.6) is 0 Å². The highest BCUT2D eigenvalue weighted by atomic mass is 16.5. The fraction of sp³-hybridized carbons (Fsp3) is 0.852. The zero-order chi connectivity index (χ0) is 22.1. The van der Waals surface area contributed by atoms with Crippen LogP contribution in [0, 0.1) is 57.7 Å². The second-order valence-electron chi connectivity index (χ2n) is 12.7. The van der Waals surface area contributed by atoms with Gasteiger partial charge >= 0.3 is 0 Å². The Morgan fingerprint density at radius 2 is 1.91 bits per heavy atom. The molecule has 4 aliphatic carbocycles. The van der Waals surface area contributed by atoms with E-state index in [1.165, 1.54) is 44.9 Å². The second-order valence-corrected chi connectivity index (χ2v) is 12.7. The van der Waals surface area contributed by atoms with E-state index >= 15 is 0 Å². The normalized spacial score (nSPS) is 46.9. The lowest BCUT2D eigenvalue weighted by atomic mass is 9.47. The molecular formula is C27H39N3O2. The largest absolute Gasteiger partial charge is 0.390 e. The summed E-state index contributed by atoms with van der Waals surface area (Å²) >= 11 is 0. The van der Waals surface area contributed by atoms with Crippen molar-refractivity contribution in [3.05, 3.63) is 18.0 Å². The molecule has 1 aromatic rings. The fourth-order valence-electron chi connectivity index (χ4n) is 9.68. The smallest absolute Gasteiger partial charge is 0.102 e. The lowest BCUT2D eigenvalue weighted by Crippen LogP contribution is -2.57. The zero-order valence-corrected chi connectivity index (χ0v) is 19.8. The van der Waals surface area contributed by atoms with Gasteiger partial charge in [0.2, 0.25) is 0 Å². The van der Waals surface area contributed by atoms with Crippen LogP contribution in [-0.2, 0) is 11.3 Å². The zero-order valence-electron chi connectivity index (χ0n) is 19.8. The van der Waals surface area contributed by atoms with Crippen molar-refractivity contribution in [2.45, 2.75) is 83.8 Å². The summed E-state index contributed by atoms with van der Waals surface area (Å²) in [6.07, 6.45) is 15.0. The van der Waals surface area contributed by atoms with Gasteiger partial charge in [0.05, 0.1) is 37.1 Å². The standard InChI is InChI=1S/C27H39N3O2/c1-25(31)9-7-20-19(11-25)3-4-22-21(20)8-10-26(2)23(22)5-6-24(26)27(16-32-17-27)15-30-14-18(12-28)13-29-30/h13-14,19-24,31H,3-11,15-17H2,1-2H3/t19-,20+,21-,22-,23+,24?,25-,26+/m1/s1. The van der Waals surface area contributed by atoms with Crippen molar-refractivity contribution in [3.63, 3.8) is 0 Å². The molecule has 5 nitrogen and oxygen atoms in total. The van der Waals surface area contributed by atoms with Crippen molar-refractivity contribution in [2.24, 2.45) is 46.3 Å². The highest BCUT2D eigenvalue weighted by Crippen LogP contribution is 2.68. The molecule has 5 aliphatic rings. The van der Waals surface area contributed by atoms with Gasteiger partial charge < -0.3 is 9.84 Å². The topological polar surface area (TPSA) is 71.1 Å². The van der Waals surface area contributed by atoms with Crippen molar-refractivity contribution in [1.29, 1.82) is 5.26 Å². The van der Waals surface area contributed by atoms with Crippen LogP contribution >= 0.6 is 0 Å². The van der Waals surface area contributed by atoms with Gasteiger partial charge in [0.1, 0.15) is 6.07 Å². The number of rotatable bonds is 3. The van der Waals surface area contributed by atoms with E-state index in [4.69, 9.17) is 4.74 Å². The van der Waals surface area contributed by atoms with Crippen molar-refractivity contribution in [2.75, 3.05) is 13.2 Å². The van der Waals surface area contributed by atoms with Crippen LogP contribution in [0.25, 0.3) is 0 Å². The van der Waals surface area contributed by atoms with E-state index in [1.54, 1.807) is 6.20 Å². The molecule has 6 rings (SSSR count). The van der Waals surface area contributed by atoms with Crippen LogP contribution in [0.2, 0.25) is 0 Å². The van der Waals surface area contributed by atoms with Crippen LogP contribution in [-0.4, -0.2) is 33.7 Å². The second kappa shape index (κ2) is 7.31. The minimum absolute atomic E-state index is 0.176. The van der Waals surface area contributed by atoms with Gasteiger partial charge in [-0.05, 0) is 106 Å². The molecule has 1 N–H and O–H groups in total. The average Bonchev–Trinajstić information content (AvgIpc) is 3.33. The van der Waals surface area contributed by atoms with E-state index in [9.17, 15) is 10.4 Å². The minimum Gasteiger partial charge on any atom is -0.390 e. The summed E-state index contributed by atoms with van der Waals surface area (Å²) < 4.78 is 7.85. The molecule has 174 valence electrons. The first-order valence-electron chi connectivity index (χ1n) is 13.1. The number of aromatic nitrogens is 2. The highest BCUT2D eigenvalue weighted by molar-refractivity contribution is 5.22. The van der Waals surface area contributed by atoms with Crippen LogP contribution < -0.4 is 0 Å². The summed E-state index contributed by atoms with van der Waals surface area (Å²) in [4.78, 5) is 0. The van der Waals surface area contributed by atoms with Crippen molar-refractivity contribution >= 4 is 0 Å². The molecule has 0 radical (unpaired) electrons. The van der Waals surface area contributed by atoms with Gasteiger partial charge in [-0.1, -0.05) is 6.92 Å². The molecule has 5 heteroatoms. The minimum atomic E-state index is -0.426. The van der Waals surface area contributed by atoms with Crippen LogP contribution in [0.1, 0.15) is 77.2 Å². The van der Waals surface area contributed by atoms with Gasteiger partial charge in [0, 0.05) is 11.6 Å². The Hall–Kier alpha value is -1.38. The predicted octanol–water partition coefficient (Wildman–Crippen LogP) is 4.79. The van der Waals surface area contributed by atoms with Gasteiger partial charge in [0.25, 0.3) is 0 Å². The Labute approximate surface area is 192 Å². The number of ether oxygens (including phenoxy) is 1. The lowest BCUT2D eigenvalue weighted by Gasteiger charge is -2.59. The predicted molar refractivity (Wildman–Crippen MR) is 121 cm³/mol. The van der Waals surface area contributed by atoms with E-state index in [2.05, 4.69) is 25.0 Å². The lowest BCUT2D eigenvalue weighted by molar-refractivity contribution is -0.191. The molecule has 0 aromatic carbocycles. The number of fused-ring (bicyclic) bond motifs is 5. The molecule has 8 atom stereocenters. The van der Waals surface area contributed by atoms with E-state index in [0.29, 0.717) is 16.9 Å². The Kier molecular flexibility index (Phi) is 4.84. The molecule has 0 bridgehead atoms. The van der Waals surface area contributed by atoms with Crippen LogP contribution in [0.15, 0.2) is 12.4 Å². The average molecular weight is 438 g/mol. The molecule has 1 unspecified atom stereocenters. The number of nitriles is 1. The van der Waals surface area contributed by atoms with Gasteiger partial charge in [-0.3, -0.25) is 4.68 Å². The third-order valence-corrected chi connectivity index (χ3v) is 11.0. The number of hydrogen-bond acceptors (Lipinski definition) is 4. The third-order valence-electron chi connectivity index (χ3n) is 11.0. The monoisotopic (exact) mass is 437 g/mol. The summed E-state index contributed by atoms with van der Waals surface area (Å²) in [7, 11) is 0.